The summed E-state index contributed by atoms with van der Waals surface area (Å²) in [4.78, 5) is 33.3. The summed E-state index contributed by atoms with van der Waals surface area (Å²) in [5.41, 5.74) is 1.58. The summed E-state index contributed by atoms with van der Waals surface area (Å²) >= 11 is 0. The minimum Gasteiger partial charge on any atom is -0.497 e. The van der Waals surface area contributed by atoms with Crippen molar-refractivity contribution in [1.29, 1.82) is 0 Å². The SMILES string of the molecule is CCn1cc(C(=O)O)c(=O)c2cc(F)c(N3CCN(C/C(=N/OC)c4ccc(OC)cc4)CC3)cc21. The molecule has 1 N–H and O–H groups in total. The van der Waals surface area contributed by atoms with Gasteiger partial charge in [-0.3, -0.25) is 9.69 Å². The number of aromatic carboxylic acids is 1. The Balaban J connectivity index is 1.53. The van der Waals surface area contributed by atoms with Gasteiger partial charge in [-0.05, 0) is 43.3 Å². The van der Waals surface area contributed by atoms with Gasteiger partial charge in [-0.25, -0.2) is 9.18 Å². The highest BCUT2D eigenvalue weighted by atomic mass is 19.1. The minimum absolute atomic E-state index is 0.0662. The molecule has 10 heteroatoms. The summed E-state index contributed by atoms with van der Waals surface area (Å²) in [6.45, 7) is 5.37. The van der Waals surface area contributed by atoms with Gasteiger partial charge in [0.2, 0.25) is 5.43 Å². The number of carbonyl (C=O) groups is 1. The maximum Gasteiger partial charge on any atom is 0.341 e. The van der Waals surface area contributed by atoms with E-state index in [1.807, 2.05) is 36.1 Å². The number of aromatic nitrogens is 1. The first kappa shape index (κ1) is 25.2. The zero-order valence-corrected chi connectivity index (χ0v) is 20.5. The van der Waals surface area contributed by atoms with Gasteiger partial charge in [0, 0.05) is 56.4 Å². The van der Waals surface area contributed by atoms with Gasteiger partial charge >= 0.3 is 5.97 Å². The molecule has 2 aromatic carbocycles. The van der Waals surface area contributed by atoms with Crippen LogP contribution in [0.15, 0.2) is 52.5 Å². The number of oxime groups is 1. The Kier molecular flexibility index (Phi) is 7.54. The van der Waals surface area contributed by atoms with E-state index in [1.165, 1.54) is 13.3 Å². The highest BCUT2D eigenvalue weighted by molar-refractivity contribution is 6.01. The number of pyridine rings is 1. The molecule has 4 rings (SSSR count). The standard InChI is InChI=1S/C26H29FN4O5/c1-4-30-15-20(26(33)34)25(32)19-13-21(27)24(14-23(19)30)31-11-9-29(10-12-31)16-22(28-36-3)17-5-7-18(35-2)8-6-17/h5-8,13-15H,4,9-12,16H2,1-3H3,(H,33,34)/b28-22-. The second-order valence-electron chi connectivity index (χ2n) is 8.50. The molecular weight excluding hydrogens is 467 g/mol. The third-order valence-corrected chi connectivity index (χ3v) is 6.43. The number of rotatable bonds is 8. The molecule has 1 saturated heterocycles. The molecule has 0 unspecified atom stereocenters. The lowest BCUT2D eigenvalue weighted by Gasteiger charge is -2.36. The van der Waals surface area contributed by atoms with Crippen LogP contribution in [0.3, 0.4) is 0 Å². The van der Waals surface area contributed by atoms with Crippen molar-refractivity contribution < 1.29 is 23.9 Å². The normalized spacial score (nSPS) is 14.8. The van der Waals surface area contributed by atoms with E-state index in [0.717, 1.165) is 23.1 Å². The number of piperazine rings is 1. The fourth-order valence-electron chi connectivity index (χ4n) is 4.48. The second kappa shape index (κ2) is 10.8. The van der Waals surface area contributed by atoms with Gasteiger partial charge in [0.05, 0.1) is 18.3 Å². The molecule has 1 aliphatic heterocycles. The second-order valence-corrected chi connectivity index (χ2v) is 8.50. The molecule has 0 spiro atoms. The van der Waals surface area contributed by atoms with Crippen LogP contribution in [0.1, 0.15) is 22.8 Å². The predicted octanol–water partition coefficient (Wildman–Crippen LogP) is 3.04. The van der Waals surface area contributed by atoms with E-state index < -0.39 is 17.2 Å². The van der Waals surface area contributed by atoms with Gasteiger partial charge in [0.25, 0.3) is 0 Å². The van der Waals surface area contributed by atoms with Gasteiger partial charge in [-0.1, -0.05) is 5.16 Å². The summed E-state index contributed by atoms with van der Waals surface area (Å²) in [6.07, 6.45) is 1.32. The van der Waals surface area contributed by atoms with E-state index >= 15 is 4.39 Å². The largest absolute Gasteiger partial charge is 0.497 e. The third kappa shape index (κ3) is 5.03. The van der Waals surface area contributed by atoms with E-state index in [2.05, 4.69) is 10.1 Å². The number of benzene rings is 2. The highest BCUT2D eigenvalue weighted by Crippen LogP contribution is 2.26. The third-order valence-electron chi connectivity index (χ3n) is 6.43. The van der Waals surface area contributed by atoms with Gasteiger partial charge in [-0.15, -0.1) is 0 Å². The van der Waals surface area contributed by atoms with Crippen LogP contribution in [0, 0.1) is 5.82 Å². The van der Waals surface area contributed by atoms with Gasteiger partial charge in [-0.2, -0.15) is 0 Å². The van der Waals surface area contributed by atoms with Crippen LogP contribution >= 0.6 is 0 Å². The van der Waals surface area contributed by atoms with E-state index in [4.69, 9.17) is 9.57 Å². The number of methoxy groups -OCH3 is 1. The zero-order chi connectivity index (χ0) is 25.8. The molecule has 9 nitrogen and oxygen atoms in total. The molecule has 190 valence electrons. The molecule has 3 aromatic rings. The topological polar surface area (TPSA) is 96.6 Å². The molecule has 0 saturated carbocycles. The zero-order valence-electron chi connectivity index (χ0n) is 20.5. The summed E-state index contributed by atoms with van der Waals surface area (Å²) in [5.74, 6) is -1.11. The fourth-order valence-corrected chi connectivity index (χ4v) is 4.48. The molecule has 0 bridgehead atoms. The first-order valence-electron chi connectivity index (χ1n) is 11.7. The maximum absolute atomic E-state index is 15.1. The van der Waals surface area contributed by atoms with Crippen LogP contribution in [0.5, 0.6) is 5.75 Å². The predicted molar refractivity (Wildman–Crippen MR) is 136 cm³/mol. The number of carboxylic acid groups (broad SMARTS) is 1. The monoisotopic (exact) mass is 496 g/mol. The smallest absolute Gasteiger partial charge is 0.341 e. The quantitative estimate of drug-likeness (QED) is 0.378. The summed E-state index contributed by atoms with van der Waals surface area (Å²) in [6, 6.07) is 10.4. The van der Waals surface area contributed by atoms with Crippen molar-refractivity contribution in [2.45, 2.75) is 13.5 Å². The molecule has 0 atom stereocenters. The van der Waals surface area contributed by atoms with Gasteiger partial charge < -0.3 is 24.1 Å². The number of carboxylic acids is 1. The molecular formula is C26H29FN4O5. The van der Waals surface area contributed by atoms with Gasteiger partial charge in [0.1, 0.15) is 30.0 Å². The highest BCUT2D eigenvalue weighted by Gasteiger charge is 2.23. The van der Waals surface area contributed by atoms with Crippen LogP contribution in [-0.4, -0.2) is 73.2 Å². The van der Waals surface area contributed by atoms with Crippen LogP contribution in [0.2, 0.25) is 0 Å². The minimum atomic E-state index is -1.32. The maximum atomic E-state index is 15.1. The van der Waals surface area contributed by atoms with Crippen molar-refractivity contribution in [2.75, 3.05) is 51.8 Å². The summed E-state index contributed by atoms with van der Waals surface area (Å²) in [7, 11) is 3.13. The van der Waals surface area contributed by atoms with Crippen LogP contribution < -0.4 is 15.1 Å². The van der Waals surface area contributed by atoms with E-state index in [9.17, 15) is 14.7 Å². The average molecular weight is 497 g/mol. The summed E-state index contributed by atoms with van der Waals surface area (Å²) in [5, 5.41) is 13.6. The van der Waals surface area contributed by atoms with E-state index in [1.54, 1.807) is 17.7 Å². The lowest BCUT2D eigenvalue weighted by molar-refractivity contribution is 0.0695. The molecule has 1 aromatic heterocycles. The molecule has 0 aliphatic carbocycles. The first-order chi connectivity index (χ1) is 17.4. The Hall–Kier alpha value is -3.92. The van der Waals surface area contributed by atoms with Crippen molar-refractivity contribution in [3.63, 3.8) is 0 Å². The number of hydrogen-bond donors (Lipinski definition) is 1. The number of aryl methyl sites for hydroxylation is 1. The number of nitrogens with zero attached hydrogens (tertiary/aromatic N) is 4. The van der Waals surface area contributed by atoms with Crippen LogP contribution in [0.4, 0.5) is 10.1 Å². The van der Waals surface area contributed by atoms with Crippen LogP contribution in [0.25, 0.3) is 10.9 Å². The van der Waals surface area contributed by atoms with Gasteiger partial charge in [0.15, 0.2) is 0 Å². The number of anilines is 1. The van der Waals surface area contributed by atoms with Crippen molar-refractivity contribution >= 4 is 28.3 Å². The van der Waals surface area contributed by atoms with Crippen molar-refractivity contribution in [3.8, 4) is 5.75 Å². The lowest BCUT2D eigenvalue weighted by Crippen LogP contribution is -2.48. The van der Waals surface area contributed by atoms with Crippen molar-refractivity contribution in [1.82, 2.24) is 9.47 Å². The molecule has 0 amide bonds. The number of hydrogen-bond acceptors (Lipinski definition) is 7. The Bertz CT molecular complexity index is 1350. The Labute approximate surface area is 207 Å². The number of halogens is 1. The molecule has 1 fully saturated rings. The Morgan fingerprint density at radius 3 is 2.39 bits per heavy atom. The Morgan fingerprint density at radius 2 is 1.81 bits per heavy atom. The molecule has 36 heavy (non-hydrogen) atoms. The molecule has 2 heterocycles. The lowest BCUT2D eigenvalue weighted by atomic mass is 10.1. The first-order valence-corrected chi connectivity index (χ1v) is 11.7. The molecule has 0 radical (unpaired) electrons. The number of ether oxygens (including phenoxy) is 1. The van der Waals surface area contributed by atoms with E-state index in [0.29, 0.717) is 50.5 Å². The summed E-state index contributed by atoms with van der Waals surface area (Å²) < 4.78 is 22.0. The van der Waals surface area contributed by atoms with E-state index in [-0.39, 0.29) is 10.9 Å². The average Bonchev–Trinajstić information content (AvgIpc) is 2.89. The fraction of sp³-hybridized carbons (Fsp3) is 0.346. The van der Waals surface area contributed by atoms with Crippen molar-refractivity contribution in [2.24, 2.45) is 5.16 Å². The molecule has 1 aliphatic rings. The Morgan fingerprint density at radius 1 is 1.11 bits per heavy atom. The van der Waals surface area contributed by atoms with Crippen LogP contribution in [-0.2, 0) is 11.4 Å². The van der Waals surface area contributed by atoms with Crippen molar-refractivity contribution in [3.05, 3.63) is 69.8 Å². The number of fused-ring (bicyclic) bond motifs is 1.